The first-order valence-electron chi connectivity index (χ1n) is 7.20. The van der Waals surface area contributed by atoms with Crippen LogP contribution >= 0.6 is 0 Å². The molecule has 1 saturated carbocycles. The van der Waals surface area contributed by atoms with Crippen molar-refractivity contribution in [2.75, 3.05) is 0 Å². The lowest BCUT2D eigenvalue weighted by atomic mass is 9.60. The SMILES string of the molecule is CC(=O)[C@H]1C(=O)C[C@](C)(O)[C@@H](C(C)=O)[C@H]1c1ccc(O)cc1. The molecule has 22 heavy (non-hydrogen) atoms. The van der Waals surface area contributed by atoms with Gasteiger partial charge in [0.05, 0.1) is 17.4 Å². The van der Waals surface area contributed by atoms with E-state index in [1.807, 2.05) is 0 Å². The average Bonchev–Trinajstić information content (AvgIpc) is 2.36. The molecule has 0 heterocycles. The summed E-state index contributed by atoms with van der Waals surface area (Å²) >= 11 is 0. The van der Waals surface area contributed by atoms with Crippen molar-refractivity contribution in [2.45, 2.75) is 38.7 Å². The summed E-state index contributed by atoms with van der Waals surface area (Å²) in [5, 5.41) is 20.0. The zero-order valence-electron chi connectivity index (χ0n) is 12.9. The topological polar surface area (TPSA) is 91.7 Å². The Morgan fingerprint density at radius 1 is 1.14 bits per heavy atom. The Hall–Kier alpha value is -2.01. The van der Waals surface area contributed by atoms with Crippen LogP contribution in [0.15, 0.2) is 24.3 Å². The molecule has 2 N–H and O–H groups in total. The molecule has 0 radical (unpaired) electrons. The molecule has 1 aliphatic rings. The van der Waals surface area contributed by atoms with E-state index in [-0.39, 0.29) is 29.5 Å². The lowest BCUT2D eigenvalue weighted by Crippen LogP contribution is -2.53. The van der Waals surface area contributed by atoms with E-state index in [0.29, 0.717) is 5.56 Å². The van der Waals surface area contributed by atoms with E-state index in [1.165, 1.54) is 32.9 Å². The zero-order chi connectivity index (χ0) is 16.7. The van der Waals surface area contributed by atoms with Gasteiger partial charge in [-0.05, 0) is 38.5 Å². The summed E-state index contributed by atoms with van der Waals surface area (Å²) in [6.07, 6.45) is -0.212. The third kappa shape index (κ3) is 2.81. The molecule has 1 fully saturated rings. The first kappa shape index (κ1) is 16.4. The van der Waals surface area contributed by atoms with Gasteiger partial charge in [0, 0.05) is 12.3 Å². The van der Waals surface area contributed by atoms with Crippen molar-refractivity contribution >= 4 is 17.3 Å². The standard InChI is InChI=1S/C17H20O5/c1-9(18)14-13(21)8-17(3,22)16(10(2)19)15(14)11-4-6-12(20)7-5-11/h4-7,14-16,20,22H,8H2,1-3H3/t14-,15-,16-,17-/m0/s1. The minimum Gasteiger partial charge on any atom is -0.508 e. The molecule has 0 unspecified atom stereocenters. The predicted molar refractivity (Wildman–Crippen MR) is 79.4 cm³/mol. The molecule has 118 valence electrons. The van der Waals surface area contributed by atoms with Gasteiger partial charge in [-0.15, -0.1) is 0 Å². The number of carbonyl (C=O) groups is 3. The Balaban J connectivity index is 2.61. The van der Waals surface area contributed by atoms with Crippen molar-refractivity contribution in [3.05, 3.63) is 29.8 Å². The van der Waals surface area contributed by atoms with Crippen molar-refractivity contribution in [3.8, 4) is 5.75 Å². The lowest BCUT2D eigenvalue weighted by Gasteiger charge is -2.44. The number of rotatable bonds is 3. The summed E-state index contributed by atoms with van der Waals surface area (Å²) in [4.78, 5) is 36.4. The van der Waals surface area contributed by atoms with Crippen LogP contribution < -0.4 is 0 Å². The summed E-state index contributed by atoms with van der Waals surface area (Å²) < 4.78 is 0. The van der Waals surface area contributed by atoms with E-state index in [1.54, 1.807) is 12.1 Å². The Kier molecular flexibility index (Phi) is 4.20. The Morgan fingerprint density at radius 3 is 2.14 bits per heavy atom. The number of ketones is 3. The molecule has 2 rings (SSSR count). The fourth-order valence-corrected chi connectivity index (χ4v) is 3.60. The number of aromatic hydroxyl groups is 1. The quantitative estimate of drug-likeness (QED) is 0.828. The summed E-state index contributed by atoms with van der Waals surface area (Å²) in [7, 11) is 0. The highest BCUT2D eigenvalue weighted by atomic mass is 16.3. The summed E-state index contributed by atoms with van der Waals surface area (Å²) in [6.45, 7) is 4.15. The molecule has 4 atom stereocenters. The van der Waals surface area contributed by atoms with Gasteiger partial charge < -0.3 is 10.2 Å². The molecule has 0 spiro atoms. The second kappa shape index (κ2) is 5.65. The van der Waals surface area contributed by atoms with Crippen LogP contribution in [-0.2, 0) is 14.4 Å². The Labute approximate surface area is 129 Å². The van der Waals surface area contributed by atoms with Crippen LogP contribution in [0.4, 0.5) is 0 Å². The molecule has 1 aromatic carbocycles. The maximum atomic E-state index is 12.3. The van der Waals surface area contributed by atoms with Gasteiger partial charge in [-0.25, -0.2) is 0 Å². The number of carbonyl (C=O) groups excluding carboxylic acids is 3. The van der Waals surface area contributed by atoms with Crippen LogP contribution in [0, 0.1) is 11.8 Å². The van der Waals surface area contributed by atoms with Crippen LogP contribution in [0.1, 0.15) is 38.7 Å². The van der Waals surface area contributed by atoms with Gasteiger partial charge in [0.2, 0.25) is 0 Å². The maximum absolute atomic E-state index is 12.3. The second-order valence-corrected chi connectivity index (χ2v) is 6.29. The average molecular weight is 304 g/mol. The monoisotopic (exact) mass is 304 g/mol. The number of benzene rings is 1. The van der Waals surface area contributed by atoms with E-state index in [9.17, 15) is 24.6 Å². The third-order valence-corrected chi connectivity index (χ3v) is 4.42. The van der Waals surface area contributed by atoms with Gasteiger partial charge in [-0.2, -0.15) is 0 Å². The Morgan fingerprint density at radius 2 is 1.68 bits per heavy atom. The van der Waals surface area contributed by atoms with Crippen LogP contribution in [0.5, 0.6) is 5.75 Å². The molecule has 5 nitrogen and oxygen atoms in total. The van der Waals surface area contributed by atoms with Gasteiger partial charge in [-0.1, -0.05) is 12.1 Å². The summed E-state index contributed by atoms with van der Waals surface area (Å²) in [6, 6.07) is 6.05. The number of aliphatic hydroxyl groups is 1. The highest BCUT2D eigenvalue weighted by Gasteiger charge is 2.53. The fraction of sp³-hybridized carbons (Fsp3) is 0.471. The number of hydrogen-bond donors (Lipinski definition) is 2. The first-order chi connectivity index (χ1) is 10.1. The van der Waals surface area contributed by atoms with Crippen molar-refractivity contribution in [2.24, 2.45) is 11.8 Å². The number of Topliss-reactive ketones (excluding diaryl/α,β-unsaturated/α-hetero) is 3. The largest absolute Gasteiger partial charge is 0.508 e. The zero-order valence-corrected chi connectivity index (χ0v) is 12.9. The van der Waals surface area contributed by atoms with E-state index < -0.39 is 23.4 Å². The molecular weight excluding hydrogens is 284 g/mol. The summed E-state index contributed by atoms with van der Waals surface area (Å²) in [5.74, 6) is -3.38. The van der Waals surface area contributed by atoms with Crippen LogP contribution in [0.25, 0.3) is 0 Å². The molecule has 1 aliphatic carbocycles. The molecule has 0 aromatic heterocycles. The molecular formula is C17H20O5. The summed E-state index contributed by atoms with van der Waals surface area (Å²) in [5.41, 5.74) is -0.899. The van der Waals surface area contributed by atoms with Crippen LogP contribution in [-0.4, -0.2) is 33.2 Å². The maximum Gasteiger partial charge on any atom is 0.146 e. The molecule has 0 aliphatic heterocycles. The number of phenols is 1. The van der Waals surface area contributed by atoms with Crippen LogP contribution in [0.3, 0.4) is 0 Å². The van der Waals surface area contributed by atoms with E-state index in [0.717, 1.165) is 0 Å². The number of phenolic OH excluding ortho intramolecular Hbond substituents is 1. The fourth-order valence-electron chi connectivity index (χ4n) is 3.60. The minimum atomic E-state index is -1.49. The normalized spacial score (nSPS) is 31.8. The van der Waals surface area contributed by atoms with Crippen molar-refractivity contribution < 1.29 is 24.6 Å². The van der Waals surface area contributed by atoms with Gasteiger partial charge >= 0.3 is 0 Å². The van der Waals surface area contributed by atoms with Crippen LogP contribution in [0.2, 0.25) is 0 Å². The van der Waals surface area contributed by atoms with Gasteiger partial charge in [0.25, 0.3) is 0 Å². The predicted octanol–water partition coefficient (Wildman–Crippen LogP) is 1.61. The second-order valence-electron chi connectivity index (χ2n) is 6.29. The third-order valence-electron chi connectivity index (χ3n) is 4.42. The molecule has 0 amide bonds. The van der Waals surface area contributed by atoms with Crippen molar-refractivity contribution in [3.63, 3.8) is 0 Å². The van der Waals surface area contributed by atoms with E-state index in [2.05, 4.69) is 0 Å². The van der Waals surface area contributed by atoms with Gasteiger partial charge in [0.1, 0.15) is 23.1 Å². The molecule has 0 bridgehead atoms. The van der Waals surface area contributed by atoms with Crippen molar-refractivity contribution in [1.82, 2.24) is 0 Å². The first-order valence-corrected chi connectivity index (χ1v) is 7.20. The molecule has 0 saturated heterocycles. The van der Waals surface area contributed by atoms with Gasteiger partial charge in [-0.3, -0.25) is 14.4 Å². The Bertz CT molecular complexity index is 614. The highest BCUT2D eigenvalue weighted by Crippen LogP contribution is 2.46. The van der Waals surface area contributed by atoms with Gasteiger partial charge in [0.15, 0.2) is 0 Å². The lowest BCUT2D eigenvalue weighted by molar-refractivity contribution is -0.151. The van der Waals surface area contributed by atoms with Crippen molar-refractivity contribution in [1.29, 1.82) is 0 Å². The molecule has 1 aromatic rings. The minimum absolute atomic E-state index is 0.0522. The molecule has 5 heteroatoms. The van der Waals surface area contributed by atoms with E-state index >= 15 is 0 Å². The smallest absolute Gasteiger partial charge is 0.146 e. The van der Waals surface area contributed by atoms with E-state index in [4.69, 9.17) is 0 Å². The number of hydrogen-bond acceptors (Lipinski definition) is 5. The highest BCUT2D eigenvalue weighted by molar-refractivity contribution is 6.05.